The van der Waals surface area contributed by atoms with Crippen LogP contribution in [-0.2, 0) is 16.1 Å². The average molecular weight is 269 g/mol. The van der Waals surface area contributed by atoms with E-state index < -0.39 is 6.10 Å². The summed E-state index contributed by atoms with van der Waals surface area (Å²) in [6.07, 6.45) is -0.568. The molecule has 2 aromatic rings. The Balaban J connectivity index is 1.98. The molecule has 1 atom stereocenters. The minimum absolute atomic E-state index is 0.126. The van der Waals surface area contributed by atoms with Gasteiger partial charge in [-0.25, -0.2) is 0 Å². The summed E-state index contributed by atoms with van der Waals surface area (Å²) in [4.78, 5) is 12.2. The average Bonchev–Trinajstić information content (AvgIpc) is 2.48. The van der Waals surface area contributed by atoms with E-state index in [1.165, 1.54) is 5.56 Å². The molecule has 2 aromatic carbocycles. The SMILES string of the molecule is CO[C@@H](C(=O)NCc1ccc(C)cc1)c1ccccc1. The van der Waals surface area contributed by atoms with Gasteiger partial charge in [0.15, 0.2) is 6.10 Å². The Labute approximate surface area is 119 Å². The van der Waals surface area contributed by atoms with E-state index in [-0.39, 0.29) is 5.91 Å². The number of methoxy groups -OCH3 is 1. The highest BCUT2D eigenvalue weighted by atomic mass is 16.5. The summed E-state index contributed by atoms with van der Waals surface area (Å²) >= 11 is 0. The van der Waals surface area contributed by atoms with Crippen molar-refractivity contribution in [2.24, 2.45) is 0 Å². The highest BCUT2D eigenvalue weighted by Crippen LogP contribution is 2.16. The summed E-state index contributed by atoms with van der Waals surface area (Å²) in [5.74, 6) is -0.126. The van der Waals surface area contributed by atoms with Gasteiger partial charge in [0.05, 0.1) is 0 Å². The lowest BCUT2D eigenvalue weighted by Gasteiger charge is -2.15. The first-order valence-corrected chi connectivity index (χ1v) is 6.61. The lowest BCUT2D eigenvalue weighted by molar-refractivity contribution is -0.131. The Hall–Kier alpha value is -2.13. The second-order valence-corrected chi connectivity index (χ2v) is 4.73. The molecule has 0 saturated heterocycles. The molecule has 0 aliphatic rings. The van der Waals surface area contributed by atoms with Crippen LogP contribution in [0.4, 0.5) is 0 Å². The molecule has 1 N–H and O–H groups in total. The molecule has 2 rings (SSSR count). The first kappa shape index (κ1) is 14.3. The highest BCUT2D eigenvalue weighted by molar-refractivity contribution is 5.82. The number of amides is 1. The number of benzene rings is 2. The van der Waals surface area contributed by atoms with Crippen molar-refractivity contribution in [3.8, 4) is 0 Å². The summed E-state index contributed by atoms with van der Waals surface area (Å²) in [6, 6.07) is 17.6. The van der Waals surface area contributed by atoms with E-state index in [2.05, 4.69) is 5.32 Å². The normalized spacial score (nSPS) is 11.9. The van der Waals surface area contributed by atoms with Crippen molar-refractivity contribution in [2.75, 3.05) is 7.11 Å². The maximum Gasteiger partial charge on any atom is 0.254 e. The van der Waals surface area contributed by atoms with Gasteiger partial charge in [-0.05, 0) is 18.1 Å². The van der Waals surface area contributed by atoms with E-state index in [0.29, 0.717) is 6.54 Å². The van der Waals surface area contributed by atoms with Crippen LogP contribution in [0.5, 0.6) is 0 Å². The van der Waals surface area contributed by atoms with Crippen molar-refractivity contribution in [3.63, 3.8) is 0 Å². The molecule has 0 aromatic heterocycles. The van der Waals surface area contributed by atoms with Crippen molar-refractivity contribution in [3.05, 3.63) is 71.3 Å². The maximum absolute atomic E-state index is 12.2. The van der Waals surface area contributed by atoms with Gasteiger partial charge in [0.2, 0.25) is 0 Å². The molecule has 104 valence electrons. The fourth-order valence-electron chi connectivity index (χ4n) is 2.01. The summed E-state index contributed by atoms with van der Waals surface area (Å²) in [5.41, 5.74) is 3.14. The standard InChI is InChI=1S/C17H19NO2/c1-13-8-10-14(11-9-13)12-18-17(19)16(20-2)15-6-4-3-5-7-15/h3-11,16H,12H2,1-2H3,(H,18,19)/t16-/m1/s1. The zero-order chi connectivity index (χ0) is 14.4. The number of aryl methyl sites for hydroxylation is 1. The van der Waals surface area contributed by atoms with Gasteiger partial charge in [0.25, 0.3) is 5.91 Å². The predicted octanol–water partition coefficient (Wildman–Crippen LogP) is 3.00. The molecule has 20 heavy (non-hydrogen) atoms. The van der Waals surface area contributed by atoms with Crippen molar-refractivity contribution in [1.29, 1.82) is 0 Å². The molecular formula is C17H19NO2. The van der Waals surface area contributed by atoms with Gasteiger partial charge >= 0.3 is 0 Å². The fourth-order valence-corrected chi connectivity index (χ4v) is 2.01. The van der Waals surface area contributed by atoms with E-state index >= 15 is 0 Å². The lowest BCUT2D eigenvalue weighted by atomic mass is 10.1. The number of ether oxygens (including phenoxy) is 1. The van der Waals surface area contributed by atoms with Crippen LogP contribution in [0.25, 0.3) is 0 Å². The van der Waals surface area contributed by atoms with Crippen LogP contribution in [0.3, 0.4) is 0 Å². The van der Waals surface area contributed by atoms with Gasteiger partial charge in [0.1, 0.15) is 0 Å². The number of carbonyl (C=O) groups excluding carboxylic acids is 1. The van der Waals surface area contributed by atoms with Gasteiger partial charge in [0, 0.05) is 13.7 Å². The zero-order valence-corrected chi connectivity index (χ0v) is 11.8. The summed E-state index contributed by atoms with van der Waals surface area (Å²) in [7, 11) is 1.54. The maximum atomic E-state index is 12.2. The van der Waals surface area contributed by atoms with E-state index in [1.807, 2.05) is 61.5 Å². The molecule has 1 amide bonds. The lowest BCUT2D eigenvalue weighted by Crippen LogP contribution is -2.29. The van der Waals surface area contributed by atoms with Gasteiger partial charge < -0.3 is 10.1 Å². The van der Waals surface area contributed by atoms with Crippen LogP contribution in [0, 0.1) is 6.92 Å². The van der Waals surface area contributed by atoms with Crippen molar-refractivity contribution in [2.45, 2.75) is 19.6 Å². The molecule has 0 aliphatic carbocycles. The van der Waals surface area contributed by atoms with E-state index in [4.69, 9.17) is 4.74 Å². The van der Waals surface area contributed by atoms with Crippen LogP contribution in [-0.4, -0.2) is 13.0 Å². The Kier molecular flexibility index (Phi) is 4.91. The smallest absolute Gasteiger partial charge is 0.254 e. The second-order valence-electron chi connectivity index (χ2n) is 4.73. The highest BCUT2D eigenvalue weighted by Gasteiger charge is 2.19. The molecule has 0 heterocycles. The van der Waals surface area contributed by atoms with E-state index in [9.17, 15) is 4.79 Å². The van der Waals surface area contributed by atoms with Gasteiger partial charge in [-0.2, -0.15) is 0 Å². The number of hydrogen-bond acceptors (Lipinski definition) is 2. The Morgan fingerprint density at radius 1 is 1.10 bits per heavy atom. The predicted molar refractivity (Wildman–Crippen MR) is 79.2 cm³/mol. The van der Waals surface area contributed by atoms with E-state index in [0.717, 1.165) is 11.1 Å². The molecule has 0 aliphatic heterocycles. The minimum Gasteiger partial charge on any atom is -0.367 e. The third-order valence-electron chi connectivity index (χ3n) is 3.16. The molecule has 0 bridgehead atoms. The van der Waals surface area contributed by atoms with Gasteiger partial charge in [-0.15, -0.1) is 0 Å². The number of nitrogens with one attached hydrogen (secondary N) is 1. The second kappa shape index (κ2) is 6.87. The quantitative estimate of drug-likeness (QED) is 0.906. The van der Waals surface area contributed by atoms with Crippen molar-refractivity contribution >= 4 is 5.91 Å². The van der Waals surface area contributed by atoms with Crippen LogP contribution in [0.2, 0.25) is 0 Å². The van der Waals surface area contributed by atoms with Gasteiger partial charge in [-0.1, -0.05) is 60.2 Å². The number of rotatable bonds is 5. The largest absolute Gasteiger partial charge is 0.367 e. The number of hydrogen-bond donors (Lipinski definition) is 1. The van der Waals surface area contributed by atoms with Crippen molar-refractivity contribution < 1.29 is 9.53 Å². The minimum atomic E-state index is -0.568. The zero-order valence-electron chi connectivity index (χ0n) is 11.8. The van der Waals surface area contributed by atoms with Crippen LogP contribution in [0.15, 0.2) is 54.6 Å². The Bertz CT molecular complexity index is 549. The molecule has 0 fully saturated rings. The summed E-state index contributed by atoms with van der Waals surface area (Å²) in [5, 5.41) is 2.90. The Morgan fingerprint density at radius 2 is 1.75 bits per heavy atom. The molecule has 0 radical (unpaired) electrons. The third kappa shape index (κ3) is 3.68. The van der Waals surface area contributed by atoms with Crippen LogP contribution < -0.4 is 5.32 Å². The summed E-state index contributed by atoms with van der Waals surface area (Å²) < 4.78 is 5.29. The van der Waals surface area contributed by atoms with Crippen LogP contribution in [0.1, 0.15) is 22.8 Å². The number of carbonyl (C=O) groups is 1. The topological polar surface area (TPSA) is 38.3 Å². The van der Waals surface area contributed by atoms with Crippen molar-refractivity contribution in [1.82, 2.24) is 5.32 Å². The molecule has 3 heteroatoms. The Morgan fingerprint density at radius 3 is 2.35 bits per heavy atom. The molecule has 0 saturated carbocycles. The molecule has 0 spiro atoms. The molecular weight excluding hydrogens is 250 g/mol. The van der Waals surface area contributed by atoms with Gasteiger partial charge in [-0.3, -0.25) is 4.79 Å². The molecule has 3 nitrogen and oxygen atoms in total. The molecule has 0 unspecified atom stereocenters. The summed E-state index contributed by atoms with van der Waals surface area (Å²) in [6.45, 7) is 2.55. The first-order valence-electron chi connectivity index (χ1n) is 6.61. The van der Waals surface area contributed by atoms with Crippen LogP contribution >= 0.6 is 0 Å². The first-order chi connectivity index (χ1) is 9.70. The monoisotopic (exact) mass is 269 g/mol. The van der Waals surface area contributed by atoms with E-state index in [1.54, 1.807) is 7.11 Å². The third-order valence-corrected chi connectivity index (χ3v) is 3.16. The fraction of sp³-hybridized carbons (Fsp3) is 0.235.